The summed E-state index contributed by atoms with van der Waals surface area (Å²) in [5.74, 6) is -2.63. The van der Waals surface area contributed by atoms with E-state index in [1.165, 1.54) is 18.2 Å². The first-order chi connectivity index (χ1) is 11.0. The molecule has 0 bridgehead atoms. The standard InChI is InChI=1S/C16H14ClFN2O3/c17-11-7-5-10(6-8-11)14(21)9-19-15(22)16(23)20-13-4-2-1-3-12(13)18/h1-8,14,21H,9H2,(H,19,22)(H,20,23). The van der Waals surface area contributed by atoms with Gasteiger partial charge in [-0.05, 0) is 29.8 Å². The Morgan fingerprint density at radius 2 is 1.74 bits per heavy atom. The van der Waals surface area contributed by atoms with Gasteiger partial charge in [0.05, 0.1) is 11.8 Å². The van der Waals surface area contributed by atoms with Crippen molar-refractivity contribution in [2.45, 2.75) is 6.10 Å². The summed E-state index contributed by atoms with van der Waals surface area (Å²) >= 11 is 5.74. The highest BCUT2D eigenvalue weighted by molar-refractivity contribution is 6.39. The van der Waals surface area contributed by atoms with Crippen LogP contribution in [0.2, 0.25) is 5.02 Å². The number of rotatable bonds is 4. The molecule has 3 N–H and O–H groups in total. The fourth-order valence-electron chi connectivity index (χ4n) is 1.81. The maximum atomic E-state index is 13.4. The molecular formula is C16H14ClFN2O3. The largest absolute Gasteiger partial charge is 0.387 e. The second-order valence-electron chi connectivity index (χ2n) is 4.71. The maximum absolute atomic E-state index is 13.4. The fourth-order valence-corrected chi connectivity index (χ4v) is 1.94. The SMILES string of the molecule is O=C(NCC(O)c1ccc(Cl)cc1)C(=O)Nc1ccccc1F. The third-order valence-corrected chi connectivity index (χ3v) is 3.29. The van der Waals surface area contributed by atoms with E-state index in [-0.39, 0.29) is 12.2 Å². The fraction of sp³-hybridized carbons (Fsp3) is 0.125. The van der Waals surface area contributed by atoms with Gasteiger partial charge in [-0.2, -0.15) is 0 Å². The number of hydrogen-bond donors (Lipinski definition) is 3. The second-order valence-corrected chi connectivity index (χ2v) is 5.15. The Kier molecular flexibility index (Phi) is 5.67. The van der Waals surface area contributed by atoms with Crippen molar-refractivity contribution < 1.29 is 19.1 Å². The average Bonchev–Trinajstić information content (AvgIpc) is 2.55. The number of aliphatic hydroxyl groups excluding tert-OH is 1. The van der Waals surface area contributed by atoms with Gasteiger partial charge in [0.25, 0.3) is 0 Å². The minimum atomic E-state index is -1.02. The number of anilines is 1. The number of halogens is 2. The van der Waals surface area contributed by atoms with E-state index in [4.69, 9.17) is 11.6 Å². The number of para-hydroxylation sites is 1. The molecular weight excluding hydrogens is 323 g/mol. The van der Waals surface area contributed by atoms with E-state index < -0.39 is 23.7 Å². The monoisotopic (exact) mass is 336 g/mol. The van der Waals surface area contributed by atoms with Crippen LogP contribution in [-0.2, 0) is 9.59 Å². The third kappa shape index (κ3) is 4.77. The van der Waals surface area contributed by atoms with Crippen LogP contribution in [0.5, 0.6) is 0 Å². The summed E-state index contributed by atoms with van der Waals surface area (Å²) in [6.07, 6.45) is -0.988. The van der Waals surface area contributed by atoms with Crippen LogP contribution in [0, 0.1) is 5.82 Å². The van der Waals surface area contributed by atoms with Crippen molar-refractivity contribution in [3.05, 3.63) is 64.9 Å². The molecule has 0 aromatic heterocycles. The number of amides is 2. The van der Waals surface area contributed by atoms with Gasteiger partial charge in [-0.15, -0.1) is 0 Å². The molecule has 7 heteroatoms. The molecule has 0 aliphatic carbocycles. The van der Waals surface area contributed by atoms with Crippen molar-refractivity contribution in [2.24, 2.45) is 0 Å². The lowest BCUT2D eigenvalue weighted by Crippen LogP contribution is -2.37. The molecule has 0 saturated heterocycles. The van der Waals surface area contributed by atoms with Crippen molar-refractivity contribution in [1.82, 2.24) is 5.32 Å². The van der Waals surface area contributed by atoms with E-state index in [0.29, 0.717) is 10.6 Å². The molecule has 23 heavy (non-hydrogen) atoms. The lowest BCUT2D eigenvalue weighted by molar-refractivity contribution is -0.136. The summed E-state index contributed by atoms with van der Waals surface area (Å²) in [4.78, 5) is 23.3. The van der Waals surface area contributed by atoms with Gasteiger partial charge in [0.1, 0.15) is 5.82 Å². The van der Waals surface area contributed by atoms with Crippen LogP contribution >= 0.6 is 11.6 Å². The zero-order valence-electron chi connectivity index (χ0n) is 11.9. The highest BCUT2D eigenvalue weighted by Crippen LogP contribution is 2.16. The Balaban J connectivity index is 1.87. The van der Waals surface area contributed by atoms with Gasteiger partial charge >= 0.3 is 11.8 Å². The molecule has 2 aromatic carbocycles. The summed E-state index contributed by atoms with van der Waals surface area (Å²) < 4.78 is 13.4. The highest BCUT2D eigenvalue weighted by atomic mass is 35.5. The predicted octanol–water partition coefficient (Wildman–Crippen LogP) is 2.27. The molecule has 0 aliphatic heterocycles. The second kappa shape index (κ2) is 7.71. The molecule has 0 radical (unpaired) electrons. The summed E-state index contributed by atoms with van der Waals surface area (Å²) in [6, 6.07) is 11.9. The first kappa shape index (κ1) is 16.9. The molecule has 2 aromatic rings. The number of carbonyl (C=O) groups is 2. The molecule has 1 unspecified atom stereocenters. The number of carbonyl (C=O) groups excluding carboxylic acids is 2. The van der Waals surface area contributed by atoms with Gasteiger partial charge < -0.3 is 15.7 Å². The van der Waals surface area contributed by atoms with E-state index >= 15 is 0 Å². The molecule has 5 nitrogen and oxygen atoms in total. The first-order valence-electron chi connectivity index (χ1n) is 6.74. The zero-order valence-corrected chi connectivity index (χ0v) is 12.7. The van der Waals surface area contributed by atoms with Crippen molar-refractivity contribution >= 4 is 29.1 Å². The zero-order chi connectivity index (χ0) is 16.8. The molecule has 2 rings (SSSR count). The Morgan fingerprint density at radius 1 is 1.09 bits per heavy atom. The van der Waals surface area contributed by atoms with Gasteiger partial charge in [0, 0.05) is 11.6 Å². The Hall–Kier alpha value is -2.44. The lowest BCUT2D eigenvalue weighted by atomic mass is 10.1. The quantitative estimate of drug-likeness (QED) is 0.749. The molecule has 1 atom stereocenters. The van der Waals surface area contributed by atoms with Crippen molar-refractivity contribution in [3.8, 4) is 0 Å². The maximum Gasteiger partial charge on any atom is 0.313 e. The first-order valence-corrected chi connectivity index (χ1v) is 7.12. The summed E-state index contributed by atoms with van der Waals surface area (Å²) in [5, 5.41) is 14.9. The Bertz CT molecular complexity index is 707. The Labute approximate surface area is 137 Å². The predicted molar refractivity (Wildman–Crippen MR) is 84.5 cm³/mol. The van der Waals surface area contributed by atoms with Crippen molar-refractivity contribution in [1.29, 1.82) is 0 Å². The van der Waals surface area contributed by atoms with Crippen LogP contribution in [0.25, 0.3) is 0 Å². The molecule has 0 spiro atoms. The van der Waals surface area contributed by atoms with Gasteiger partial charge in [-0.3, -0.25) is 9.59 Å². The van der Waals surface area contributed by atoms with Crippen LogP contribution in [0.3, 0.4) is 0 Å². The van der Waals surface area contributed by atoms with E-state index in [1.54, 1.807) is 24.3 Å². The Morgan fingerprint density at radius 3 is 2.39 bits per heavy atom. The minimum absolute atomic E-state index is 0.0918. The number of benzene rings is 2. The van der Waals surface area contributed by atoms with Crippen molar-refractivity contribution in [3.63, 3.8) is 0 Å². The lowest BCUT2D eigenvalue weighted by Gasteiger charge is -2.12. The van der Waals surface area contributed by atoms with Gasteiger partial charge in [-0.1, -0.05) is 35.9 Å². The molecule has 120 valence electrons. The normalized spacial score (nSPS) is 11.6. The molecule has 0 heterocycles. The molecule has 0 aliphatic rings. The van der Waals surface area contributed by atoms with Crippen LogP contribution in [0.1, 0.15) is 11.7 Å². The number of aliphatic hydroxyl groups is 1. The third-order valence-electron chi connectivity index (χ3n) is 3.04. The van der Waals surface area contributed by atoms with Crippen LogP contribution in [0.4, 0.5) is 10.1 Å². The van der Waals surface area contributed by atoms with E-state index in [9.17, 15) is 19.1 Å². The van der Waals surface area contributed by atoms with Gasteiger partial charge in [0.15, 0.2) is 0 Å². The smallest absolute Gasteiger partial charge is 0.313 e. The van der Waals surface area contributed by atoms with Gasteiger partial charge in [-0.25, -0.2) is 4.39 Å². The van der Waals surface area contributed by atoms with Gasteiger partial charge in [0.2, 0.25) is 0 Å². The molecule has 0 saturated carbocycles. The van der Waals surface area contributed by atoms with E-state index in [2.05, 4.69) is 10.6 Å². The summed E-state index contributed by atoms with van der Waals surface area (Å²) in [5.41, 5.74) is 0.454. The molecule has 0 fully saturated rings. The minimum Gasteiger partial charge on any atom is -0.387 e. The molecule has 2 amide bonds. The van der Waals surface area contributed by atoms with E-state index in [1.807, 2.05) is 0 Å². The number of hydrogen-bond acceptors (Lipinski definition) is 3. The van der Waals surface area contributed by atoms with Crippen LogP contribution in [0.15, 0.2) is 48.5 Å². The van der Waals surface area contributed by atoms with Crippen molar-refractivity contribution in [2.75, 3.05) is 11.9 Å². The van der Waals surface area contributed by atoms with E-state index in [0.717, 1.165) is 6.07 Å². The average molecular weight is 337 g/mol. The summed E-state index contributed by atoms with van der Waals surface area (Å²) in [6.45, 7) is -0.162. The van der Waals surface area contributed by atoms with Crippen LogP contribution < -0.4 is 10.6 Å². The summed E-state index contributed by atoms with van der Waals surface area (Å²) in [7, 11) is 0. The topological polar surface area (TPSA) is 78.4 Å². The van der Waals surface area contributed by atoms with Crippen LogP contribution in [-0.4, -0.2) is 23.5 Å². The highest BCUT2D eigenvalue weighted by Gasteiger charge is 2.17. The number of nitrogens with one attached hydrogen (secondary N) is 2.